The Kier molecular flexibility index (Phi) is 5.61. The van der Waals surface area contributed by atoms with Gasteiger partial charge in [0.15, 0.2) is 5.78 Å². The summed E-state index contributed by atoms with van der Waals surface area (Å²) in [6.07, 6.45) is 3.14. The summed E-state index contributed by atoms with van der Waals surface area (Å²) in [7, 11) is 0. The quantitative estimate of drug-likeness (QED) is 0.727. The van der Waals surface area contributed by atoms with Gasteiger partial charge in [-0.1, -0.05) is 48.8 Å². The highest BCUT2D eigenvalue weighted by atomic mass is 79.9. The van der Waals surface area contributed by atoms with Crippen molar-refractivity contribution < 1.29 is 4.79 Å². The van der Waals surface area contributed by atoms with E-state index in [1.54, 1.807) is 0 Å². The van der Waals surface area contributed by atoms with Gasteiger partial charge < -0.3 is 4.90 Å². The van der Waals surface area contributed by atoms with Crippen LogP contribution in [0.15, 0.2) is 28.7 Å². The van der Waals surface area contributed by atoms with Gasteiger partial charge in [-0.2, -0.15) is 0 Å². The zero-order valence-corrected chi connectivity index (χ0v) is 14.9. The third-order valence-electron chi connectivity index (χ3n) is 4.61. The number of ketones is 1. The predicted octanol–water partition coefficient (Wildman–Crippen LogP) is 4.78. The topological polar surface area (TPSA) is 20.3 Å². The van der Waals surface area contributed by atoms with Crippen molar-refractivity contribution in [3.05, 3.63) is 34.3 Å². The summed E-state index contributed by atoms with van der Waals surface area (Å²) in [4.78, 5) is 14.7. The first kappa shape index (κ1) is 16.7. The molecular weight excluding hydrogens is 326 g/mol. The molecule has 1 fully saturated rings. The second-order valence-corrected chi connectivity index (χ2v) is 8.08. The summed E-state index contributed by atoms with van der Waals surface area (Å²) < 4.78 is 0.972. The molecule has 1 aromatic rings. The fraction of sp³-hybridized carbons (Fsp3) is 0.611. The monoisotopic (exact) mass is 351 g/mol. The van der Waals surface area contributed by atoms with Crippen LogP contribution in [0.5, 0.6) is 0 Å². The number of benzene rings is 1. The lowest BCUT2D eigenvalue weighted by atomic mass is 9.75. The molecule has 1 aliphatic heterocycles. The Balaban J connectivity index is 1.78. The summed E-state index contributed by atoms with van der Waals surface area (Å²) >= 11 is 3.42. The average Bonchev–Trinajstić information content (AvgIpc) is 2.44. The van der Waals surface area contributed by atoms with Gasteiger partial charge in [-0.15, -0.1) is 0 Å². The third-order valence-corrected chi connectivity index (χ3v) is 5.11. The van der Waals surface area contributed by atoms with Crippen LogP contribution in [-0.4, -0.2) is 30.3 Å². The van der Waals surface area contributed by atoms with Gasteiger partial charge in [0.05, 0.1) is 0 Å². The van der Waals surface area contributed by atoms with E-state index in [4.69, 9.17) is 0 Å². The lowest BCUT2D eigenvalue weighted by Crippen LogP contribution is -2.38. The molecule has 0 amide bonds. The van der Waals surface area contributed by atoms with Crippen molar-refractivity contribution in [1.82, 2.24) is 4.90 Å². The number of piperidine rings is 1. The molecule has 0 N–H and O–H groups in total. The van der Waals surface area contributed by atoms with Crippen molar-refractivity contribution in [2.75, 3.05) is 19.6 Å². The molecule has 0 saturated carbocycles. The number of hydrogen-bond donors (Lipinski definition) is 0. The summed E-state index contributed by atoms with van der Waals surface area (Å²) in [5.74, 6) is 1.06. The maximum absolute atomic E-state index is 12.2. The maximum Gasteiger partial charge on any atom is 0.164 e. The van der Waals surface area contributed by atoms with Crippen LogP contribution in [0.3, 0.4) is 0 Å². The Hall–Kier alpha value is -0.670. The highest BCUT2D eigenvalue weighted by Crippen LogP contribution is 2.34. The van der Waals surface area contributed by atoms with E-state index in [2.05, 4.69) is 41.6 Å². The van der Waals surface area contributed by atoms with Crippen LogP contribution in [0.25, 0.3) is 0 Å². The number of carbonyl (C=O) groups is 1. The number of likely N-dealkylation sites (tertiary alicyclic amines) is 1. The molecule has 116 valence electrons. The molecule has 2 nitrogen and oxygen atoms in total. The molecule has 1 heterocycles. The number of Topliss-reactive ketones (excluding diaryl/α,β-unsaturated/α-hetero) is 1. The van der Waals surface area contributed by atoms with Crippen molar-refractivity contribution >= 4 is 21.7 Å². The van der Waals surface area contributed by atoms with Crippen LogP contribution in [0, 0.1) is 11.3 Å². The molecule has 1 aromatic carbocycles. The molecular formula is C18H26BrNO. The van der Waals surface area contributed by atoms with E-state index in [0.717, 1.165) is 35.6 Å². The van der Waals surface area contributed by atoms with Crippen LogP contribution >= 0.6 is 15.9 Å². The van der Waals surface area contributed by atoms with Gasteiger partial charge in [0.2, 0.25) is 0 Å². The zero-order valence-electron chi connectivity index (χ0n) is 13.4. The smallest absolute Gasteiger partial charge is 0.164 e. The van der Waals surface area contributed by atoms with Gasteiger partial charge in [0.25, 0.3) is 0 Å². The van der Waals surface area contributed by atoms with Gasteiger partial charge in [0.1, 0.15) is 0 Å². The number of rotatable bonds is 4. The molecule has 1 aliphatic rings. The normalized spacial score (nSPS) is 17.9. The first-order valence-corrected chi connectivity index (χ1v) is 8.66. The summed E-state index contributed by atoms with van der Waals surface area (Å²) in [6, 6.07) is 7.69. The molecule has 0 atom stereocenters. The molecule has 21 heavy (non-hydrogen) atoms. The average molecular weight is 352 g/mol. The lowest BCUT2D eigenvalue weighted by molar-refractivity contribution is 0.0902. The molecule has 3 heteroatoms. The molecule has 0 aliphatic carbocycles. The molecule has 2 rings (SSSR count). The van der Waals surface area contributed by atoms with Crippen molar-refractivity contribution in [2.24, 2.45) is 11.3 Å². The van der Waals surface area contributed by atoms with Gasteiger partial charge >= 0.3 is 0 Å². The molecule has 1 saturated heterocycles. The Bertz CT molecular complexity index is 484. The number of hydrogen-bond acceptors (Lipinski definition) is 2. The van der Waals surface area contributed by atoms with E-state index in [1.165, 1.54) is 12.8 Å². The fourth-order valence-electron chi connectivity index (χ4n) is 3.09. The summed E-state index contributed by atoms with van der Waals surface area (Å²) in [6.45, 7) is 10.2. The van der Waals surface area contributed by atoms with E-state index in [9.17, 15) is 4.79 Å². The largest absolute Gasteiger partial charge is 0.303 e. The Morgan fingerprint density at radius 1 is 1.29 bits per heavy atom. The van der Waals surface area contributed by atoms with E-state index in [1.807, 2.05) is 24.3 Å². The highest BCUT2D eigenvalue weighted by Gasteiger charge is 2.28. The van der Waals surface area contributed by atoms with Gasteiger partial charge in [-0.05, 0) is 49.4 Å². The van der Waals surface area contributed by atoms with Crippen LogP contribution in [-0.2, 0) is 0 Å². The third kappa shape index (κ3) is 4.93. The van der Waals surface area contributed by atoms with Crippen LogP contribution < -0.4 is 0 Å². The summed E-state index contributed by atoms with van der Waals surface area (Å²) in [5, 5.41) is 0. The van der Waals surface area contributed by atoms with Crippen molar-refractivity contribution in [1.29, 1.82) is 0 Å². The summed E-state index contributed by atoms with van der Waals surface area (Å²) in [5.41, 5.74) is 1.23. The van der Waals surface area contributed by atoms with Crippen molar-refractivity contribution in [2.45, 2.75) is 40.0 Å². The number of halogens is 1. The van der Waals surface area contributed by atoms with Crippen molar-refractivity contribution in [3.8, 4) is 0 Å². The van der Waals surface area contributed by atoms with Gasteiger partial charge in [-0.3, -0.25) is 4.79 Å². The minimum Gasteiger partial charge on any atom is -0.303 e. The second-order valence-electron chi connectivity index (χ2n) is 7.17. The molecule has 0 radical (unpaired) electrons. The maximum atomic E-state index is 12.2. The molecule has 0 bridgehead atoms. The molecule has 0 unspecified atom stereocenters. The Morgan fingerprint density at radius 2 is 1.95 bits per heavy atom. The minimum atomic E-state index is 0.245. The second kappa shape index (κ2) is 7.06. The van der Waals surface area contributed by atoms with E-state index in [0.29, 0.717) is 11.8 Å². The van der Waals surface area contributed by atoms with E-state index in [-0.39, 0.29) is 5.78 Å². The Labute approximate surface area is 137 Å². The number of carbonyl (C=O) groups excluding carboxylic acids is 1. The predicted molar refractivity (Wildman–Crippen MR) is 91.7 cm³/mol. The van der Waals surface area contributed by atoms with Gasteiger partial charge in [0, 0.05) is 23.0 Å². The zero-order chi connectivity index (χ0) is 15.5. The van der Waals surface area contributed by atoms with E-state index >= 15 is 0 Å². The van der Waals surface area contributed by atoms with Crippen LogP contribution in [0.2, 0.25) is 0 Å². The first-order chi connectivity index (χ1) is 9.86. The minimum absolute atomic E-state index is 0.245. The van der Waals surface area contributed by atoms with E-state index < -0.39 is 0 Å². The van der Waals surface area contributed by atoms with Gasteiger partial charge in [-0.25, -0.2) is 0 Å². The Morgan fingerprint density at radius 3 is 2.52 bits per heavy atom. The first-order valence-electron chi connectivity index (χ1n) is 7.87. The molecule has 0 aromatic heterocycles. The standard InChI is InChI=1S/C18H26BrNO/c1-18(2,3)15-7-10-20(11-8-15)12-9-17(21)14-5-4-6-16(19)13-14/h4-6,13,15H,7-12H2,1-3H3. The molecule has 0 spiro atoms. The highest BCUT2D eigenvalue weighted by molar-refractivity contribution is 9.10. The van der Waals surface area contributed by atoms with Crippen LogP contribution in [0.4, 0.5) is 0 Å². The van der Waals surface area contributed by atoms with Crippen molar-refractivity contribution in [3.63, 3.8) is 0 Å². The van der Waals surface area contributed by atoms with Crippen LogP contribution in [0.1, 0.15) is 50.4 Å². The number of nitrogens with zero attached hydrogens (tertiary/aromatic N) is 1. The SMILES string of the molecule is CC(C)(C)C1CCN(CCC(=O)c2cccc(Br)c2)CC1. The lowest BCUT2D eigenvalue weighted by Gasteiger charge is -2.38. The fourth-order valence-corrected chi connectivity index (χ4v) is 3.49.